The van der Waals surface area contributed by atoms with Crippen LogP contribution in [0.2, 0.25) is 0 Å². The van der Waals surface area contributed by atoms with Crippen LogP contribution in [0.3, 0.4) is 0 Å². The van der Waals surface area contributed by atoms with Crippen LogP contribution in [0.1, 0.15) is 5.56 Å². The number of anilines is 1. The van der Waals surface area contributed by atoms with E-state index in [1.807, 2.05) is 42.5 Å². The van der Waals surface area contributed by atoms with Gasteiger partial charge in [0.15, 0.2) is 5.11 Å². The average molecular weight is 413 g/mol. The quantitative estimate of drug-likeness (QED) is 0.514. The Morgan fingerprint density at radius 3 is 2.69 bits per heavy atom. The molecule has 0 amide bonds. The summed E-state index contributed by atoms with van der Waals surface area (Å²) in [6, 6.07) is 14.7. The molecule has 0 atom stereocenters. The molecule has 0 saturated carbocycles. The van der Waals surface area contributed by atoms with Gasteiger partial charge >= 0.3 is 0 Å². The van der Waals surface area contributed by atoms with E-state index in [2.05, 4.69) is 10.3 Å². The summed E-state index contributed by atoms with van der Waals surface area (Å²) in [6.07, 6.45) is 0. The van der Waals surface area contributed by atoms with Crippen LogP contribution in [-0.2, 0) is 6.54 Å². The molecule has 3 N–H and O–H groups in total. The predicted octanol–water partition coefficient (Wildman–Crippen LogP) is 2.74. The minimum Gasteiger partial charge on any atom is -0.497 e. The second kappa shape index (κ2) is 9.40. The second-order valence-electron chi connectivity index (χ2n) is 6.35. The van der Waals surface area contributed by atoms with E-state index < -0.39 is 0 Å². The van der Waals surface area contributed by atoms with Crippen LogP contribution in [-0.4, -0.2) is 47.5 Å². The van der Waals surface area contributed by atoms with Crippen LogP contribution in [0, 0.1) is 0 Å². The van der Waals surface area contributed by atoms with Gasteiger partial charge in [0, 0.05) is 18.2 Å². The molecule has 152 valence electrons. The third-order valence-corrected chi connectivity index (χ3v) is 4.86. The molecule has 1 aromatic heterocycles. The summed E-state index contributed by atoms with van der Waals surface area (Å²) < 4.78 is 10.5. The predicted molar refractivity (Wildman–Crippen MR) is 118 cm³/mol. The molecule has 0 spiro atoms. The summed E-state index contributed by atoms with van der Waals surface area (Å²) >= 11 is 5.52. The average Bonchev–Trinajstić information content (AvgIpc) is 2.73. The van der Waals surface area contributed by atoms with Crippen LogP contribution < -0.4 is 20.3 Å². The van der Waals surface area contributed by atoms with Crippen molar-refractivity contribution in [3.8, 4) is 11.5 Å². The number of aromatic amines is 1. The summed E-state index contributed by atoms with van der Waals surface area (Å²) in [7, 11) is 3.16. The lowest BCUT2D eigenvalue weighted by atomic mass is 10.1. The number of aliphatic hydroxyl groups excluding tert-OH is 1. The zero-order chi connectivity index (χ0) is 20.8. The van der Waals surface area contributed by atoms with Crippen molar-refractivity contribution in [2.45, 2.75) is 6.54 Å². The van der Waals surface area contributed by atoms with Crippen LogP contribution in [0.25, 0.3) is 10.9 Å². The molecule has 0 saturated heterocycles. The fourth-order valence-electron chi connectivity index (χ4n) is 2.99. The minimum absolute atomic E-state index is 0.101. The molecular weight excluding hydrogens is 390 g/mol. The van der Waals surface area contributed by atoms with Crippen molar-refractivity contribution < 1.29 is 14.6 Å². The topological polar surface area (TPSA) is 86.8 Å². The highest BCUT2D eigenvalue weighted by molar-refractivity contribution is 7.80. The van der Waals surface area contributed by atoms with Gasteiger partial charge in [-0.25, -0.2) is 0 Å². The molecule has 0 bridgehead atoms. The molecule has 1 heterocycles. The smallest absolute Gasteiger partial charge is 0.253 e. The number of aromatic nitrogens is 1. The summed E-state index contributed by atoms with van der Waals surface area (Å²) in [5.74, 6) is 1.32. The number of hydrogen-bond donors (Lipinski definition) is 3. The molecule has 0 radical (unpaired) electrons. The van der Waals surface area contributed by atoms with Crippen LogP contribution in [0.4, 0.5) is 5.69 Å². The SMILES string of the molecule is COc1ccc2cc(CN(CCO)C(=S)Nc3ccccc3OC)c(=O)[nH]c2c1. The van der Waals surface area contributed by atoms with E-state index in [-0.39, 0.29) is 25.3 Å². The van der Waals surface area contributed by atoms with E-state index in [9.17, 15) is 9.90 Å². The molecular formula is C21H23N3O4S. The van der Waals surface area contributed by atoms with Gasteiger partial charge in [0.1, 0.15) is 11.5 Å². The van der Waals surface area contributed by atoms with Gasteiger partial charge in [-0.15, -0.1) is 0 Å². The molecule has 0 fully saturated rings. The molecule has 0 aliphatic carbocycles. The number of hydrogen-bond acceptors (Lipinski definition) is 5. The van der Waals surface area contributed by atoms with Crippen molar-refractivity contribution in [3.63, 3.8) is 0 Å². The normalized spacial score (nSPS) is 10.6. The fraction of sp³-hybridized carbons (Fsp3) is 0.238. The molecule has 29 heavy (non-hydrogen) atoms. The lowest BCUT2D eigenvalue weighted by Gasteiger charge is -2.25. The second-order valence-corrected chi connectivity index (χ2v) is 6.74. The van der Waals surface area contributed by atoms with Crippen molar-refractivity contribution in [2.24, 2.45) is 0 Å². The van der Waals surface area contributed by atoms with E-state index in [0.717, 1.165) is 5.39 Å². The van der Waals surface area contributed by atoms with Crippen molar-refractivity contribution in [1.29, 1.82) is 0 Å². The third kappa shape index (κ3) is 4.85. The summed E-state index contributed by atoms with van der Waals surface area (Å²) in [5.41, 5.74) is 1.73. The monoisotopic (exact) mass is 413 g/mol. The maximum absolute atomic E-state index is 12.6. The molecule has 3 rings (SSSR count). The molecule has 0 aliphatic rings. The number of thiocarbonyl (C=S) groups is 1. The number of para-hydroxylation sites is 2. The van der Waals surface area contributed by atoms with Crippen LogP contribution in [0.5, 0.6) is 11.5 Å². The summed E-state index contributed by atoms with van der Waals surface area (Å²) in [4.78, 5) is 17.2. The zero-order valence-corrected chi connectivity index (χ0v) is 17.1. The van der Waals surface area contributed by atoms with Crippen molar-refractivity contribution in [2.75, 3.05) is 32.7 Å². The Hall–Kier alpha value is -3.10. The Balaban J connectivity index is 1.85. The number of H-pyrrole nitrogens is 1. The van der Waals surface area contributed by atoms with Gasteiger partial charge in [0.25, 0.3) is 5.56 Å². The van der Waals surface area contributed by atoms with Gasteiger partial charge in [0.05, 0.1) is 38.6 Å². The molecule has 3 aromatic rings. The number of methoxy groups -OCH3 is 2. The lowest BCUT2D eigenvalue weighted by Crippen LogP contribution is -2.37. The Kier molecular flexibility index (Phi) is 6.69. The van der Waals surface area contributed by atoms with E-state index >= 15 is 0 Å². The van der Waals surface area contributed by atoms with Gasteiger partial charge in [-0.1, -0.05) is 12.1 Å². The standard InChI is InChI=1S/C21H23N3O4S/c1-27-16-8-7-14-11-15(20(26)22-18(14)12-16)13-24(9-10-25)21(29)23-17-5-3-4-6-19(17)28-2/h3-8,11-12,25H,9-10,13H2,1-2H3,(H,22,26)(H,23,29). The zero-order valence-electron chi connectivity index (χ0n) is 16.3. The van der Waals surface area contributed by atoms with Gasteiger partial charge in [-0.3, -0.25) is 4.79 Å². The Morgan fingerprint density at radius 1 is 1.17 bits per heavy atom. The first-order valence-electron chi connectivity index (χ1n) is 9.05. The first-order chi connectivity index (χ1) is 14.0. The molecule has 8 heteroatoms. The molecule has 2 aromatic carbocycles. The van der Waals surface area contributed by atoms with Gasteiger partial charge < -0.3 is 29.8 Å². The third-order valence-electron chi connectivity index (χ3n) is 4.50. The maximum atomic E-state index is 12.6. The fourth-order valence-corrected chi connectivity index (χ4v) is 3.26. The van der Waals surface area contributed by atoms with E-state index in [1.165, 1.54) is 0 Å². The van der Waals surface area contributed by atoms with Crippen molar-refractivity contribution >= 4 is 33.9 Å². The number of rotatable bonds is 7. The number of nitrogens with one attached hydrogen (secondary N) is 2. The van der Waals surface area contributed by atoms with Gasteiger partial charge in [-0.05, 0) is 47.9 Å². The number of nitrogens with zero attached hydrogens (tertiary/aromatic N) is 1. The Bertz CT molecular complexity index is 1070. The van der Waals surface area contributed by atoms with Crippen molar-refractivity contribution in [3.05, 3.63) is 64.4 Å². The van der Waals surface area contributed by atoms with E-state index in [4.69, 9.17) is 21.7 Å². The Labute approximate surface area is 173 Å². The highest BCUT2D eigenvalue weighted by Gasteiger charge is 2.15. The van der Waals surface area contributed by atoms with Gasteiger partial charge in [0.2, 0.25) is 0 Å². The van der Waals surface area contributed by atoms with Crippen molar-refractivity contribution in [1.82, 2.24) is 9.88 Å². The van der Waals surface area contributed by atoms with Crippen LogP contribution >= 0.6 is 12.2 Å². The summed E-state index contributed by atoms with van der Waals surface area (Å²) in [5, 5.41) is 13.9. The number of aliphatic hydroxyl groups is 1. The number of fused-ring (bicyclic) bond motifs is 1. The number of ether oxygens (including phenoxy) is 2. The molecule has 0 unspecified atom stereocenters. The first kappa shape index (κ1) is 20.6. The number of benzene rings is 2. The maximum Gasteiger partial charge on any atom is 0.253 e. The van der Waals surface area contributed by atoms with E-state index in [1.54, 1.807) is 25.2 Å². The lowest BCUT2D eigenvalue weighted by molar-refractivity contribution is 0.248. The minimum atomic E-state index is -0.214. The van der Waals surface area contributed by atoms with Crippen LogP contribution in [0.15, 0.2) is 53.3 Å². The highest BCUT2D eigenvalue weighted by Crippen LogP contribution is 2.24. The Morgan fingerprint density at radius 2 is 1.97 bits per heavy atom. The number of pyridine rings is 1. The molecule has 0 aliphatic heterocycles. The first-order valence-corrected chi connectivity index (χ1v) is 9.46. The largest absolute Gasteiger partial charge is 0.497 e. The van der Waals surface area contributed by atoms with E-state index in [0.29, 0.717) is 33.4 Å². The molecule has 7 nitrogen and oxygen atoms in total. The van der Waals surface area contributed by atoms with Gasteiger partial charge in [-0.2, -0.15) is 0 Å². The highest BCUT2D eigenvalue weighted by atomic mass is 32.1. The summed E-state index contributed by atoms with van der Waals surface area (Å²) in [6.45, 7) is 0.427.